The fourth-order valence-corrected chi connectivity index (χ4v) is 3.93. The van der Waals surface area contributed by atoms with Gasteiger partial charge in [0.1, 0.15) is 11.8 Å². The predicted molar refractivity (Wildman–Crippen MR) is 128 cm³/mol. The van der Waals surface area contributed by atoms with E-state index >= 15 is 0 Å². The van der Waals surface area contributed by atoms with Crippen LogP contribution in [0.15, 0.2) is 84.3 Å². The van der Waals surface area contributed by atoms with Crippen molar-refractivity contribution in [3.05, 3.63) is 100 Å². The van der Waals surface area contributed by atoms with Crippen LogP contribution < -0.4 is 10.6 Å². The molecule has 11 nitrogen and oxygen atoms in total. The first-order valence-corrected chi connectivity index (χ1v) is 10.6. The van der Waals surface area contributed by atoms with Crippen LogP contribution in [0.3, 0.4) is 0 Å². The molecular weight excluding hydrogens is 450 g/mol. The fraction of sp³-hybridized carbons (Fsp3) is 0.0833. The van der Waals surface area contributed by atoms with E-state index < -0.39 is 16.9 Å². The number of hydrogen-bond acceptors (Lipinski definition) is 8. The van der Waals surface area contributed by atoms with E-state index in [2.05, 4.69) is 25.7 Å². The van der Waals surface area contributed by atoms with Crippen LogP contribution in [0.1, 0.15) is 18.5 Å². The summed E-state index contributed by atoms with van der Waals surface area (Å²) in [6.45, 7) is 1.74. The van der Waals surface area contributed by atoms with E-state index in [1.165, 1.54) is 35.1 Å². The minimum atomic E-state index is -0.791. The minimum absolute atomic E-state index is 0.105. The molecular formula is C24H19N7O4. The molecule has 0 fully saturated rings. The van der Waals surface area contributed by atoms with Gasteiger partial charge >= 0.3 is 0 Å². The third-order valence-electron chi connectivity index (χ3n) is 5.54. The number of hydrogen-bond donors (Lipinski definition) is 3. The Morgan fingerprint density at radius 1 is 1.17 bits per heavy atom. The van der Waals surface area contributed by atoms with Crippen LogP contribution in [0.2, 0.25) is 0 Å². The first kappa shape index (κ1) is 21.8. The molecule has 35 heavy (non-hydrogen) atoms. The van der Waals surface area contributed by atoms with E-state index in [9.17, 15) is 20.0 Å². The van der Waals surface area contributed by atoms with Gasteiger partial charge < -0.3 is 15.7 Å². The number of carbonyl (C=O) groups excluding carboxylic acids is 1. The lowest BCUT2D eigenvalue weighted by Gasteiger charge is -2.28. The van der Waals surface area contributed by atoms with Crippen LogP contribution in [0.25, 0.3) is 11.4 Å². The van der Waals surface area contributed by atoms with E-state index in [0.29, 0.717) is 39.9 Å². The van der Waals surface area contributed by atoms with Gasteiger partial charge in [0, 0.05) is 29.6 Å². The van der Waals surface area contributed by atoms with Gasteiger partial charge in [-0.05, 0) is 48.9 Å². The molecule has 0 saturated heterocycles. The van der Waals surface area contributed by atoms with Crippen molar-refractivity contribution in [1.29, 1.82) is 0 Å². The number of fused-ring (bicyclic) bond motifs is 1. The van der Waals surface area contributed by atoms with Crippen molar-refractivity contribution in [3.8, 4) is 17.1 Å². The molecule has 0 spiro atoms. The van der Waals surface area contributed by atoms with Gasteiger partial charge in [-0.25, -0.2) is 4.68 Å². The summed E-state index contributed by atoms with van der Waals surface area (Å²) >= 11 is 0. The molecule has 0 bridgehead atoms. The molecule has 1 unspecified atom stereocenters. The Labute approximate surface area is 198 Å². The van der Waals surface area contributed by atoms with Gasteiger partial charge in [0.25, 0.3) is 11.6 Å². The smallest absolute Gasteiger partial charge is 0.269 e. The Balaban J connectivity index is 1.63. The maximum Gasteiger partial charge on any atom is 0.269 e. The molecule has 0 radical (unpaired) electrons. The van der Waals surface area contributed by atoms with Crippen LogP contribution in [0, 0.1) is 10.1 Å². The average molecular weight is 469 g/mol. The first-order valence-electron chi connectivity index (χ1n) is 10.6. The number of nitro benzene ring substituents is 1. The number of amides is 1. The summed E-state index contributed by atoms with van der Waals surface area (Å²) in [5.74, 6) is 0.439. The third-order valence-corrected chi connectivity index (χ3v) is 5.54. The number of pyridine rings is 1. The van der Waals surface area contributed by atoms with Crippen LogP contribution in [-0.4, -0.2) is 35.7 Å². The summed E-state index contributed by atoms with van der Waals surface area (Å²) in [7, 11) is 0. The maximum atomic E-state index is 13.4. The molecule has 3 N–H and O–H groups in total. The minimum Gasteiger partial charge on any atom is -0.508 e. The van der Waals surface area contributed by atoms with Gasteiger partial charge in [-0.1, -0.05) is 12.1 Å². The Morgan fingerprint density at radius 2 is 1.97 bits per heavy atom. The number of nitrogens with zero attached hydrogens (tertiary/aromatic N) is 5. The quantitative estimate of drug-likeness (QED) is 0.295. The lowest BCUT2D eigenvalue weighted by molar-refractivity contribution is -0.384. The van der Waals surface area contributed by atoms with Gasteiger partial charge in [-0.15, -0.1) is 5.10 Å². The number of allylic oxidation sites excluding steroid dienone is 1. The van der Waals surface area contributed by atoms with Crippen LogP contribution in [0.5, 0.6) is 5.75 Å². The van der Waals surface area contributed by atoms with Crippen LogP contribution >= 0.6 is 0 Å². The zero-order valence-corrected chi connectivity index (χ0v) is 18.4. The molecule has 1 aliphatic rings. The SMILES string of the molecule is CC1=C(C(=O)Nc2cccnc2)C(c2cccc([N+](=O)[O-])c2)n2nc(-c3ccc(O)cc3)nc2N1. The second-order valence-electron chi connectivity index (χ2n) is 7.86. The van der Waals surface area contributed by atoms with Crippen molar-refractivity contribution in [2.75, 3.05) is 10.6 Å². The summed E-state index contributed by atoms with van der Waals surface area (Å²) in [6.07, 6.45) is 3.12. The Morgan fingerprint density at radius 3 is 2.69 bits per heavy atom. The molecule has 0 aliphatic carbocycles. The number of anilines is 2. The highest BCUT2D eigenvalue weighted by Crippen LogP contribution is 2.37. The lowest BCUT2D eigenvalue weighted by atomic mass is 9.94. The summed E-state index contributed by atoms with van der Waals surface area (Å²) < 4.78 is 1.53. The zero-order valence-electron chi connectivity index (χ0n) is 18.4. The monoisotopic (exact) mass is 469 g/mol. The predicted octanol–water partition coefficient (Wildman–Crippen LogP) is 3.88. The van der Waals surface area contributed by atoms with Gasteiger partial charge in [-0.2, -0.15) is 4.98 Å². The second-order valence-corrected chi connectivity index (χ2v) is 7.86. The number of phenolic OH excluding ortho intramolecular Hbond substituents is 1. The second kappa shape index (κ2) is 8.71. The highest BCUT2D eigenvalue weighted by molar-refractivity contribution is 6.06. The van der Waals surface area contributed by atoms with Crippen LogP contribution in [0.4, 0.5) is 17.3 Å². The number of non-ortho nitro benzene ring substituents is 1. The van der Waals surface area contributed by atoms with Gasteiger partial charge in [0.05, 0.1) is 22.4 Å². The van der Waals surface area contributed by atoms with E-state index in [4.69, 9.17) is 0 Å². The number of nitrogens with one attached hydrogen (secondary N) is 2. The topological polar surface area (TPSA) is 148 Å². The Bertz CT molecular complexity index is 1460. The van der Waals surface area contributed by atoms with Crippen molar-refractivity contribution in [2.24, 2.45) is 0 Å². The number of rotatable bonds is 5. The van der Waals surface area contributed by atoms with E-state index in [1.54, 1.807) is 49.5 Å². The molecule has 1 amide bonds. The standard InChI is InChI=1S/C24H19N7O4/c1-14-20(23(33)27-17-5-3-11-25-13-17)21(16-4-2-6-18(12-16)31(34)35)30-24(26-14)28-22(29-30)15-7-9-19(32)10-8-15/h2-13,21,32H,1H3,(H,27,33)(H,26,28,29). The number of carbonyl (C=O) groups is 1. The largest absolute Gasteiger partial charge is 0.508 e. The first-order chi connectivity index (χ1) is 16.9. The highest BCUT2D eigenvalue weighted by atomic mass is 16.6. The summed E-state index contributed by atoms with van der Waals surface area (Å²) in [5.41, 5.74) is 2.41. The third kappa shape index (κ3) is 4.17. The van der Waals surface area contributed by atoms with Crippen molar-refractivity contribution in [3.63, 3.8) is 0 Å². The fourth-order valence-electron chi connectivity index (χ4n) is 3.93. The number of aromatic nitrogens is 4. The van der Waals surface area contributed by atoms with E-state index in [1.807, 2.05) is 0 Å². The number of phenols is 1. The van der Waals surface area contributed by atoms with E-state index in [-0.39, 0.29) is 11.4 Å². The number of nitro groups is 1. The molecule has 2 aromatic carbocycles. The molecule has 1 atom stereocenters. The van der Waals surface area contributed by atoms with Gasteiger partial charge in [0.2, 0.25) is 5.95 Å². The number of benzene rings is 2. The molecule has 5 rings (SSSR count). The van der Waals surface area contributed by atoms with Crippen molar-refractivity contribution in [2.45, 2.75) is 13.0 Å². The molecule has 4 aromatic rings. The summed E-state index contributed by atoms with van der Waals surface area (Å²) in [4.78, 5) is 33.0. The lowest BCUT2D eigenvalue weighted by Crippen LogP contribution is -2.31. The molecule has 1 aliphatic heterocycles. The molecule has 3 heterocycles. The summed E-state index contributed by atoms with van der Waals surface area (Å²) in [5, 5.41) is 31.6. The molecule has 174 valence electrons. The normalized spacial score (nSPS) is 14.7. The van der Waals surface area contributed by atoms with E-state index in [0.717, 1.165) is 0 Å². The Kier molecular flexibility index (Phi) is 5.41. The average Bonchev–Trinajstić information content (AvgIpc) is 3.27. The van der Waals surface area contributed by atoms with Crippen molar-refractivity contribution >= 4 is 23.2 Å². The van der Waals surface area contributed by atoms with Crippen molar-refractivity contribution in [1.82, 2.24) is 19.7 Å². The van der Waals surface area contributed by atoms with Gasteiger partial charge in [0.15, 0.2) is 5.82 Å². The van der Waals surface area contributed by atoms with Gasteiger partial charge in [-0.3, -0.25) is 19.9 Å². The molecule has 2 aromatic heterocycles. The molecule has 0 saturated carbocycles. The Hall–Kier alpha value is -5.06. The molecule has 11 heteroatoms. The van der Waals surface area contributed by atoms with Crippen LogP contribution in [-0.2, 0) is 4.79 Å². The maximum absolute atomic E-state index is 13.4. The highest BCUT2D eigenvalue weighted by Gasteiger charge is 2.35. The van der Waals surface area contributed by atoms with Crippen molar-refractivity contribution < 1.29 is 14.8 Å². The zero-order chi connectivity index (χ0) is 24.5. The summed E-state index contributed by atoms with van der Waals surface area (Å²) in [6, 6.07) is 15.1. The number of aromatic hydroxyl groups is 1.